The SMILES string of the molecule is C=CCNc1nc(C)cc(C(=O)NCc2ccccc2C)n1. The van der Waals surface area contributed by atoms with Gasteiger partial charge in [0, 0.05) is 18.8 Å². The molecule has 0 atom stereocenters. The van der Waals surface area contributed by atoms with Gasteiger partial charge in [-0.2, -0.15) is 0 Å². The van der Waals surface area contributed by atoms with Crippen LogP contribution in [0.5, 0.6) is 0 Å². The van der Waals surface area contributed by atoms with Gasteiger partial charge in [0.15, 0.2) is 0 Å². The monoisotopic (exact) mass is 296 g/mol. The highest BCUT2D eigenvalue weighted by Crippen LogP contribution is 2.08. The number of aryl methyl sites for hydroxylation is 2. The van der Waals surface area contributed by atoms with E-state index in [2.05, 4.69) is 27.2 Å². The Morgan fingerprint density at radius 3 is 2.77 bits per heavy atom. The minimum absolute atomic E-state index is 0.213. The molecule has 0 unspecified atom stereocenters. The van der Waals surface area contributed by atoms with E-state index < -0.39 is 0 Å². The average molecular weight is 296 g/mol. The molecule has 0 saturated carbocycles. The second kappa shape index (κ2) is 7.36. The van der Waals surface area contributed by atoms with Crippen LogP contribution in [-0.4, -0.2) is 22.4 Å². The first kappa shape index (κ1) is 15.7. The van der Waals surface area contributed by atoms with Crippen molar-refractivity contribution in [3.8, 4) is 0 Å². The van der Waals surface area contributed by atoms with Crippen LogP contribution in [0.1, 0.15) is 27.3 Å². The molecule has 2 N–H and O–H groups in total. The zero-order chi connectivity index (χ0) is 15.9. The first-order chi connectivity index (χ1) is 10.6. The van der Waals surface area contributed by atoms with Crippen LogP contribution in [0.3, 0.4) is 0 Å². The number of nitrogens with one attached hydrogen (secondary N) is 2. The Bertz CT molecular complexity index is 682. The van der Waals surface area contributed by atoms with Crippen LogP contribution in [0.25, 0.3) is 0 Å². The summed E-state index contributed by atoms with van der Waals surface area (Å²) in [6.07, 6.45) is 1.71. The molecule has 22 heavy (non-hydrogen) atoms. The molecule has 0 aliphatic heterocycles. The number of aromatic nitrogens is 2. The molecular formula is C17H20N4O. The van der Waals surface area contributed by atoms with Gasteiger partial charge in [0.1, 0.15) is 5.69 Å². The molecule has 0 radical (unpaired) electrons. The molecule has 5 nitrogen and oxygen atoms in total. The Morgan fingerprint density at radius 1 is 1.27 bits per heavy atom. The molecule has 5 heteroatoms. The number of hydrogen-bond acceptors (Lipinski definition) is 4. The number of carbonyl (C=O) groups excluding carboxylic acids is 1. The van der Waals surface area contributed by atoms with Crippen molar-refractivity contribution < 1.29 is 4.79 Å². The Balaban J connectivity index is 2.07. The average Bonchev–Trinajstić information content (AvgIpc) is 2.51. The van der Waals surface area contributed by atoms with Gasteiger partial charge < -0.3 is 10.6 Å². The van der Waals surface area contributed by atoms with Crippen LogP contribution >= 0.6 is 0 Å². The predicted octanol–water partition coefficient (Wildman–Crippen LogP) is 2.62. The van der Waals surface area contributed by atoms with Crippen LogP contribution in [0.2, 0.25) is 0 Å². The third-order valence-corrected chi connectivity index (χ3v) is 3.19. The minimum atomic E-state index is -0.213. The molecule has 1 aromatic carbocycles. The summed E-state index contributed by atoms with van der Waals surface area (Å²) in [5.74, 6) is 0.219. The summed E-state index contributed by atoms with van der Waals surface area (Å²) in [5.41, 5.74) is 3.33. The quantitative estimate of drug-likeness (QED) is 0.804. The third kappa shape index (κ3) is 4.15. The minimum Gasteiger partial charge on any atom is -0.351 e. The standard InChI is InChI=1S/C17H20N4O/c1-4-9-18-17-20-13(3)10-15(21-17)16(22)19-11-14-8-6-5-7-12(14)2/h4-8,10H,1,9,11H2,2-3H3,(H,19,22)(H,18,20,21). The van der Waals surface area contributed by atoms with Crippen LogP contribution in [-0.2, 0) is 6.54 Å². The number of nitrogens with zero attached hydrogens (tertiary/aromatic N) is 2. The summed E-state index contributed by atoms with van der Waals surface area (Å²) in [5, 5.41) is 5.88. The van der Waals surface area contributed by atoms with E-state index in [1.807, 2.05) is 38.1 Å². The van der Waals surface area contributed by atoms with Crippen LogP contribution in [0, 0.1) is 13.8 Å². The third-order valence-electron chi connectivity index (χ3n) is 3.19. The van der Waals surface area contributed by atoms with Crippen molar-refractivity contribution in [2.45, 2.75) is 20.4 Å². The molecule has 0 fully saturated rings. The summed E-state index contributed by atoms with van der Waals surface area (Å²) < 4.78 is 0. The molecule has 1 aromatic heterocycles. The second-order valence-electron chi connectivity index (χ2n) is 5.00. The molecule has 0 spiro atoms. The smallest absolute Gasteiger partial charge is 0.270 e. The molecule has 2 rings (SSSR count). The number of anilines is 1. The first-order valence-electron chi connectivity index (χ1n) is 7.13. The summed E-state index contributed by atoms with van der Waals surface area (Å²) in [4.78, 5) is 20.7. The van der Waals surface area contributed by atoms with Gasteiger partial charge >= 0.3 is 0 Å². The van der Waals surface area contributed by atoms with Crippen LogP contribution in [0.4, 0.5) is 5.95 Å². The lowest BCUT2D eigenvalue weighted by Crippen LogP contribution is -2.25. The van der Waals surface area contributed by atoms with E-state index >= 15 is 0 Å². The van der Waals surface area contributed by atoms with Crippen molar-refractivity contribution >= 4 is 11.9 Å². The fourth-order valence-corrected chi connectivity index (χ4v) is 2.00. The molecular weight excluding hydrogens is 276 g/mol. The van der Waals surface area contributed by atoms with Gasteiger partial charge in [0.2, 0.25) is 5.95 Å². The normalized spacial score (nSPS) is 10.1. The lowest BCUT2D eigenvalue weighted by molar-refractivity contribution is 0.0945. The largest absolute Gasteiger partial charge is 0.351 e. The number of rotatable bonds is 6. The van der Waals surface area contributed by atoms with Gasteiger partial charge in [-0.3, -0.25) is 4.79 Å². The number of carbonyl (C=O) groups is 1. The Morgan fingerprint density at radius 2 is 2.05 bits per heavy atom. The van der Waals surface area contributed by atoms with E-state index in [0.29, 0.717) is 24.7 Å². The first-order valence-corrected chi connectivity index (χ1v) is 7.13. The predicted molar refractivity (Wildman–Crippen MR) is 87.8 cm³/mol. The number of hydrogen-bond donors (Lipinski definition) is 2. The molecule has 0 bridgehead atoms. The van der Waals surface area contributed by atoms with Gasteiger partial charge in [-0.05, 0) is 31.0 Å². The fourth-order valence-electron chi connectivity index (χ4n) is 2.00. The van der Waals surface area contributed by atoms with Gasteiger partial charge in [-0.15, -0.1) is 6.58 Å². The van der Waals surface area contributed by atoms with Crippen molar-refractivity contribution in [3.63, 3.8) is 0 Å². The van der Waals surface area contributed by atoms with Crippen molar-refractivity contribution in [1.82, 2.24) is 15.3 Å². The van der Waals surface area contributed by atoms with Crippen LogP contribution in [0.15, 0.2) is 43.0 Å². The van der Waals surface area contributed by atoms with E-state index in [-0.39, 0.29) is 5.91 Å². The van der Waals surface area contributed by atoms with Gasteiger partial charge in [-0.1, -0.05) is 30.3 Å². The van der Waals surface area contributed by atoms with E-state index in [1.165, 1.54) is 0 Å². The summed E-state index contributed by atoms with van der Waals surface area (Å²) >= 11 is 0. The van der Waals surface area contributed by atoms with Crippen molar-refractivity contribution in [2.75, 3.05) is 11.9 Å². The van der Waals surface area contributed by atoms with Gasteiger partial charge in [0.05, 0.1) is 0 Å². The van der Waals surface area contributed by atoms with E-state index in [1.54, 1.807) is 12.1 Å². The maximum atomic E-state index is 12.3. The summed E-state index contributed by atoms with van der Waals surface area (Å²) in [6, 6.07) is 9.63. The molecule has 0 saturated heterocycles. The highest BCUT2D eigenvalue weighted by Gasteiger charge is 2.10. The number of benzene rings is 1. The molecule has 1 heterocycles. The lowest BCUT2D eigenvalue weighted by atomic mass is 10.1. The van der Waals surface area contributed by atoms with Gasteiger partial charge in [-0.25, -0.2) is 9.97 Å². The maximum absolute atomic E-state index is 12.3. The molecule has 2 aromatic rings. The Kier molecular flexibility index (Phi) is 5.25. The lowest BCUT2D eigenvalue weighted by Gasteiger charge is -2.09. The second-order valence-corrected chi connectivity index (χ2v) is 5.00. The Labute approximate surface area is 130 Å². The molecule has 114 valence electrons. The van der Waals surface area contributed by atoms with Crippen molar-refractivity contribution in [1.29, 1.82) is 0 Å². The summed E-state index contributed by atoms with van der Waals surface area (Å²) in [6.45, 7) is 8.51. The zero-order valence-electron chi connectivity index (χ0n) is 12.9. The van der Waals surface area contributed by atoms with Crippen molar-refractivity contribution in [3.05, 3.63) is 65.5 Å². The maximum Gasteiger partial charge on any atom is 0.270 e. The molecule has 0 aliphatic carbocycles. The fraction of sp³-hybridized carbons (Fsp3) is 0.235. The molecule has 1 amide bonds. The highest BCUT2D eigenvalue weighted by atomic mass is 16.1. The van der Waals surface area contributed by atoms with E-state index in [0.717, 1.165) is 16.8 Å². The van der Waals surface area contributed by atoms with Crippen molar-refractivity contribution in [2.24, 2.45) is 0 Å². The molecule has 0 aliphatic rings. The van der Waals surface area contributed by atoms with E-state index in [9.17, 15) is 4.79 Å². The number of amides is 1. The highest BCUT2D eigenvalue weighted by molar-refractivity contribution is 5.92. The van der Waals surface area contributed by atoms with E-state index in [4.69, 9.17) is 0 Å². The van der Waals surface area contributed by atoms with Gasteiger partial charge in [0.25, 0.3) is 5.91 Å². The summed E-state index contributed by atoms with van der Waals surface area (Å²) in [7, 11) is 0. The van der Waals surface area contributed by atoms with Crippen LogP contribution < -0.4 is 10.6 Å². The Hall–Kier alpha value is -2.69. The zero-order valence-corrected chi connectivity index (χ0v) is 12.9. The topological polar surface area (TPSA) is 66.9 Å².